The van der Waals surface area contributed by atoms with E-state index < -0.39 is 44.6 Å². The van der Waals surface area contributed by atoms with Crippen molar-refractivity contribution in [2.24, 2.45) is 0 Å². The molecule has 0 aliphatic rings. The van der Waals surface area contributed by atoms with E-state index in [0.29, 0.717) is 11.9 Å². The summed E-state index contributed by atoms with van der Waals surface area (Å²) in [6.45, 7) is 4.47. The van der Waals surface area contributed by atoms with Crippen molar-refractivity contribution in [3.63, 3.8) is 0 Å². The summed E-state index contributed by atoms with van der Waals surface area (Å²) in [4.78, 5) is -1.24. The quantitative estimate of drug-likeness (QED) is 0.499. The van der Waals surface area contributed by atoms with Gasteiger partial charge in [0.15, 0.2) is 14.7 Å². The molecule has 0 saturated heterocycles. The molecule has 12 heteroatoms. The molecule has 0 atom stereocenters. The Balaban J connectivity index is 4.66. The Labute approximate surface area is 144 Å². The van der Waals surface area contributed by atoms with Crippen LogP contribution < -0.4 is 4.13 Å². The van der Waals surface area contributed by atoms with E-state index in [2.05, 4.69) is 0 Å². The molecular weight excluding hydrogens is 412 g/mol. The summed E-state index contributed by atoms with van der Waals surface area (Å²) >= 11 is 22.6. The van der Waals surface area contributed by atoms with Gasteiger partial charge >= 0.3 is 0 Å². The lowest BCUT2D eigenvalue weighted by molar-refractivity contribution is 0.559. The maximum Gasteiger partial charge on any atom is 0.221 e. The molecule has 0 bridgehead atoms. The second-order valence-electron chi connectivity index (χ2n) is 4.80. The Hall–Kier alpha value is 1.37. The van der Waals surface area contributed by atoms with Gasteiger partial charge in [0.2, 0.25) is 13.7 Å². The van der Waals surface area contributed by atoms with Crippen LogP contribution >= 0.6 is 58.4 Å². The first-order valence-corrected chi connectivity index (χ1v) is 10.9. The summed E-state index contributed by atoms with van der Waals surface area (Å²) < 4.78 is 46.2. The van der Waals surface area contributed by atoms with E-state index in [1.165, 1.54) is 20.8 Å². The summed E-state index contributed by atoms with van der Waals surface area (Å²) in [6, 6.07) is 0. The van der Waals surface area contributed by atoms with Crippen molar-refractivity contribution in [1.29, 1.82) is 0 Å². The first-order chi connectivity index (χ1) is 8.61. The van der Waals surface area contributed by atoms with Crippen LogP contribution in [0.15, 0.2) is 0 Å². The fourth-order valence-electron chi connectivity index (χ4n) is 0.731. The third-order valence-corrected chi connectivity index (χ3v) is 9.84. The number of nitrogens with one attached hydrogen (secondary N) is 1. The minimum absolute atomic E-state index is 0.386. The number of hydrogen-bond donors (Lipinski definition) is 1. The van der Waals surface area contributed by atoms with Crippen molar-refractivity contribution in [1.82, 2.24) is 4.13 Å². The van der Waals surface area contributed by atoms with E-state index in [4.69, 9.17) is 46.4 Å². The molecule has 0 aromatic carbocycles. The Morgan fingerprint density at radius 3 is 1.85 bits per heavy atom. The summed E-state index contributed by atoms with van der Waals surface area (Å²) in [5.41, 5.74) is 0. The molecule has 0 aliphatic carbocycles. The normalized spacial score (nSPS) is 14.8. The molecule has 0 aliphatic heterocycles. The Kier molecular flexibility index (Phi) is 7.79. The van der Waals surface area contributed by atoms with Crippen LogP contribution in [-0.2, 0) is 19.9 Å². The average Bonchev–Trinajstić information content (AvgIpc) is 2.23. The van der Waals surface area contributed by atoms with Gasteiger partial charge in [0.1, 0.15) is 0 Å². The number of hydrogen-bond acceptors (Lipinski definition) is 5. The van der Waals surface area contributed by atoms with Gasteiger partial charge in [0.05, 0.1) is 16.3 Å². The van der Waals surface area contributed by atoms with Crippen LogP contribution in [0.2, 0.25) is 0 Å². The highest BCUT2D eigenvalue weighted by Gasteiger charge is 2.36. The highest BCUT2D eigenvalue weighted by Crippen LogP contribution is 2.41. The van der Waals surface area contributed by atoms with Crippen LogP contribution in [0, 0.1) is 0 Å². The third kappa shape index (κ3) is 7.09. The summed E-state index contributed by atoms with van der Waals surface area (Å²) in [7, 11) is -7.44. The maximum absolute atomic E-state index is 11.8. The number of alkyl halides is 4. The van der Waals surface area contributed by atoms with Gasteiger partial charge in [-0.3, -0.25) is 0 Å². The van der Waals surface area contributed by atoms with Crippen LogP contribution in [0.3, 0.4) is 0 Å². The fraction of sp³-hybridized carbons (Fsp3) is 1.00. The summed E-state index contributed by atoms with van der Waals surface area (Å²) in [5.74, 6) is -1.13. The van der Waals surface area contributed by atoms with E-state index >= 15 is 0 Å². The van der Waals surface area contributed by atoms with Crippen molar-refractivity contribution in [2.45, 2.75) is 34.0 Å². The number of sulfonamides is 1. The Morgan fingerprint density at radius 1 is 1.05 bits per heavy atom. The number of sulfone groups is 1. The lowest BCUT2D eigenvalue weighted by atomic mass is 10.3. The Bertz CT molecular complexity index is 524. The molecule has 5 nitrogen and oxygen atoms in total. The van der Waals surface area contributed by atoms with Gasteiger partial charge in [-0.25, -0.2) is 16.8 Å². The Morgan fingerprint density at radius 2 is 1.50 bits per heavy atom. The summed E-state index contributed by atoms with van der Waals surface area (Å²) in [6.07, 6.45) is 0. The van der Waals surface area contributed by atoms with Crippen LogP contribution in [0.25, 0.3) is 0 Å². The van der Waals surface area contributed by atoms with Gasteiger partial charge < -0.3 is 0 Å². The molecule has 0 spiro atoms. The molecule has 0 amide bonds. The highest BCUT2D eigenvalue weighted by atomic mass is 35.5. The molecule has 0 heterocycles. The van der Waals surface area contributed by atoms with Gasteiger partial charge in [-0.15, -0.1) is 23.2 Å². The minimum Gasteiger partial charge on any atom is -0.228 e. The molecule has 0 aromatic heterocycles. The number of halogens is 4. The molecule has 20 heavy (non-hydrogen) atoms. The second-order valence-corrected chi connectivity index (χ2v) is 13.7. The molecule has 1 N–H and O–H groups in total. The lowest BCUT2D eigenvalue weighted by Crippen LogP contribution is -2.36. The molecule has 122 valence electrons. The average molecular weight is 427 g/mol. The minimum atomic E-state index is -3.89. The lowest BCUT2D eigenvalue weighted by Gasteiger charge is -2.21. The second kappa shape index (κ2) is 7.29. The van der Waals surface area contributed by atoms with Crippen molar-refractivity contribution >= 4 is 78.2 Å². The topological polar surface area (TPSA) is 80.3 Å². The molecule has 0 rings (SSSR count). The molecular formula is C8H15Cl4NO4S3. The molecule has 0 aromatic rings. The first-order valence-electron chi connectivity index (χ1n) is 5.16. The van der Waals surface area contributed by atoms with E-state index in [0.717, 1.165) is 0 Å². The molecule has 0 saturated carbocycles. The van der Waals surface area contributed by atoms with E-state index in [1.807, 2.05) is 4.13 Å². The van der Waals surface area contributed by atoms with Gasteiger partial charge in [0.25, 0.3) is 0 Å². The highest BCUT2D eigenvalue weighted by molar-refractivity contribution is 8.11. The predicted molar refractivity (Wildman–Crippen MR) is 88.0 cm³/mol. The van der Waals surface area contributed by atoms with E-state index in [-0.39, 0.29) is 0 Å². The SMILES string of the molecule is CC(C)(C)S(=O)(=O)CCS(=O)(=O)NSC(Cl)(Cl)C(Cl)Cl. The largest absolute Gasteiger partial charge is 0.228 e. The molecule has 0 fully saturated rings. The first kappa shape index (κ1) is 21.4. The third-order valence-electron chi connectivity index (χ3n) is 2.11. The number of rotatable bonds is 7. The van der Waals surface area contributed by atoms with E-state index in [1.54, 1.807) is 0 Å². The van der Waals surface area contributed by atoms with Crippen LogP contribution in [0.4, 0.5) is 0 Å². The van der Waals surface area contributed by atoms with Crippen LogP contribution in [0.1, 0.15) is 20.8 Å². The van der Waals surface area contributed by atoms with Crippen molar-refractivity contribution in [2.75, 3.05) is 11.5 Å². The van der Waals surface area contributed by atoms with Gasteiger partial charge in [-0.05, 0) is 32.7 Å². The zero-order chi connectivity index (χ0) is 16.4. The summed E-state index contributed by atoms with van der Waals surface area (Å²) in [5, 5.41) is 0. The van der Waals surface area contributed by atoms with Crippen LogP contribution in [-0.4, -0.2) is 41.6 Å². The van der Waals surface area contributed by atoms with Crippen molar-refractivity contribution in [3.05, 3.63) is 0 Å². The zero-order valence-corrected chi connectivity index (χ0v) is 16.3. The van der Waals surface area contributed by atoms with Crippen LogP contribution in [0.5, 0.6) is 0 Å². The predicted octanol–water partition coefficient (Wildman–Crippen LogP) is 2.70. The van der Waals surface area contributed by atoms with Crippen molar-refractivity contribution in [3.8, 4) is 0 Å². The zero-order valence-electron chi connectivity index (χ0n) is 10.9. The van der Waals surface area contributed by atoms with Gasteiger partial charge in [0, 0.05) is 0 Å². The standard InChI is InChI=1S/C8H15Cl4NO4S3/c1-7(2,3)19(14,15)4-5-20(16,17)13-18-8(11,12)6(9)10/h6,13H,4-5H2,1-3H3. The van der Waals surface area contributed by atoms with Gasteiger partial charge in [-0.1, -0.05) is 23.2 Å². The monoisotopic (exact) mass is 425 g/mol. The van der Waals surface area contributed by atoms with E-state index in [9.17, 15) is 16.8 Å². The fourth-order valence-corrected chi connectivity index (χ4v) is 5.31. The van der Waals surface area contributed by atoms with Gasteiger partial charge in [-0.2, -0.15) is 4.13 Å². The smallest absolute Gasteiger partial charge is 0.221 e. The van der Waals surface area contributed by atoms with Crippen molar-refractivity contribution < 1.29 is 16.8 Å². The maximum atomic E-state index is 11.8. The molecule has 0 radical (unpaired) electrons. The molecule has 0 unspecified atom stereocenters.